The molecule has 3 heteroatoms. The third-order valence-electron chi connectivity index (χ3n) is 2.60. The van der Waals surface area contributed by atoms with E-state index in [1.165, 1.54) is 0 Å². The standard InChI is InChI=1S/C11H18O3/c1-5-9-6-13-10(9)8(4)14-11(12)7(2)3/h8-10H,2,5-6H2,1,3-4H3. The Hall–Kier alpha value is -0.830. The molecular formula is C11H18O3. The van der Waals surface area contributed by atoms with E-state index in [2.05, 4.69) is 13.5 Å². The van der Waals surface area contributed by atoms with Crippen LogP contribution in [0.2, 0.25) is 0 Å². The van der Waals surface area contributed by atoms with Crippen LogP contribution < -0.4 is 0 Å². The van der Waals surface area contributed by atoms with E-state index in [9.17, 15) is 4.79 Å². The van der Waals surface area contributed by atoms with Gasteiger partial charge < -0.3 is 9.47 Å². The van der Waals surface area contributed by atoms with Crippen molar-refractivity contribution in [2.24, 2.45) is 5.92 Å². The summed E-state index contributed by atoms with van der Waals surface area (Å²) in [5.74, 6) is 0.200. The van der Waals surface area contributed by atoms with Crippen LogP contribution in [0.15, 0.2) is 12.2 Å². The first-order valence-electron chi connectivity index (χ1n) is 5.04. The summed E-state index contributed by atoms with van der Waals surface area (Å²) in [4.78, 5) is 11.2. The Kier molecular flexibility index (Phi) is 3.69. The molecule has 1 saturated heterocycles. The fourth-order valence-electron chi connectivity index (χ4n) is 1.55. The molecular weight excluding hydrogens is 180 g/mol. The first-order valence-corrected chi connectivity index (χ1v) is 5.04. The molecule has 0 bridgehead atoms. The molecule has 0 aromatic heterocycles. The predicted molar refractivity (Wildman–Crippen MR) is 53.9 cm³/mol. The van der Waals surface area contributed by atoms with E-state index in [4.69, 9.17) is 9.47 Å². The first-order chi connectivity index (χ1) is 6.56. The SMILES string of the molecule is C=C(C)C(=O)OC(C)C1OCC1CC. The summed E-state index contributed by atoms with van der Waals surface area (Å²) < 4.78 is 10.6. The molecule has 3 nitrogen and oxygen atoms in total. The van der Waals surface area contributed by atoms with Gasteiger partial charge in [-0.2, -0.15) is 0 Å². The molecule has 3 atom stereocenters. The van der Waals surface area contributed by atoms with Crippen LogP contribution in [0.5, 0.6) is 0 Å². The Balaban J connectivity index is 2.38. The first kappa shape index (κ1) is 11.2. The average molecular weight is 198 g/mol. The quantitative estimate of drug-likeness (QED) is 0.511. The molecule has 0 amide bonds. The zero-order valence-corrected chi connectivity index (χ0v) is 9.08. The maximum Gasteiger partial charge on any atom is 0.333 e. The second-order valence-electron chi connectivity index (χ2n) is 3.86. The molecule has 3 unspecified atom stereocenters. The average Bonchev–Trinajstić information content (AvgIpc) is 2.02. The lowest BCUT2D eigenvalue weighted by molar-refractivity contribution is -0.185. The van der Waals surface area contributed by atoms with E-state index in [0.29, 0.717) is 11.5 Å². The van der Waals surface area contributed by atoms with Crippen LogP contribution in [-0.4, -0.2) is 24.8 Å². The number of esters is 1. The van der Waals surface area contributed by atoms with Crippen LogP contribution in [0, 0.1) is 5.92 Å². The lowest BCUT2D eigenvalue weighted by Crippen LogP contribution is -2.48. The van der Waals surface area contributed by atoms with Crippen LogP contribution >= 0.6 is 0 Å². The van der Waals surface area contributed by atoms with Gasteiger partial charge in [0.2, 0.25) is 0 Å². The Labute approximate surface area is 85.1 Å². The van der Waals surface area contributed by atoms with Gasteiger partial charge in [0.05, 0.1) is 12.7 Å². The van der Waals surface area contributed by atoms with Crippen molar-refractivity contribution in [3.8, 4) is 0 Å². The minimum absolute atomic E-state index is 0.0725. The molecule has 0 radical (unpaired) electrons. The molecule has 0 aromatic carbocycles. The zero-order valence-electron chi connectivity index (χ0n) is 9.08. The second kappa shape index (κ2) is 4.60. The van der Waals surface area contributed by atoms with Crippen LogP contribution in [0.25, 0.3) is 0 Å². The minimum Gasteiger partial charge on any atom is -0.457 e. The van der Waals surface area contributed by atoms with Crippen molar-refractivity contribution in [3.05, 3.63) is 12.2 Å². The molecule has 0 N–H and O–H groups in total. The second-order valence-corrected chi connectivity index (χ2v) is 3.86. The molecule has 1 rings (SSSR count). The van der Waals surface area contributed by atoms with Gasteiger partial charge in [0.25, 0.3) is 0 Å². The largest absolute Gasteiger partial charge is 0.457 e. The van der Waals surface area contributed by atoms with Gasteiger partial charge in [-0.1, -0.05) is 13.5 Å². The van der Waals surface area contributed by atoms with Crippen molar-refractivity contribution in [1.29, 1.82) is 0 Å². The molecule has 80 valence electrons. The topological polar surface area (TPSA) is 35.5 Å². The van der Waals surface area contributed by atoms with Crippen molar-refractivity contribution < 1.29 is 14.3 Å². The summed E-state index contributed by atoms with van der Waals surface area (Å²) in [5, 5.41) is 0. The third-order valence-corrected chi connectivity index (χ3v) is 2.60. The number of rotatable bonds is 4. The number of ether oxygens (including phenoxy) is 2. The highest BCUT2D eigenvalue weighted by molar-refractivity contribution is 5.87. The summed E-state index contributed by atoms with van der Waals surface area (Å²) in [6.45, 7) is 9.96. The molecule has 1 fully saturated rings. The Bertz CT molecular complexity index is 233. The summed E-state index contributed by atoms with van der Waals surface area (Å²) in [6, 6.07) is 0. The van der Waals surface area contributed by atoms with E-state index in [0.717, 1.165) is 13.0 Å². The van der Waals surface area contributed by atoms with E-state index in [-0.39, 0.29) is 18.2 Å². The summed E-state index contributed by atoms with van der Waals surface area (Å²) in [5.41, 5.74) is 0.434. The van der Waals surface area contributed by atoms with Crippen LogP contribution in [0.1, 0.15) is 27.2 Å². The minimum atomic E-state index is -0.331. The third kappa shape index (κ3) is 2.35. The highest BCUT2D eigenvalue weighted by atomic mass is 16.6. The molecule has 1 heterocycles. The zero-order chi connectivity index (χ0) is 10.7. The van der Waals surface area contributed by atoms with Gasteiger partial charge in [0.1, 0.15) is 6.10 Å². The molecule has 0 spiro atoms. The van der Waals surface area contributed by atoms with Crippen molar-refractivity contribution in [3.63, 3.8) is 0 Å². The molecule has 1 aliphatic rings. The van der Waals surface area contributed by atoms with Gasteiger partial charge in [-0.25, -0.2) is 4.79 Å². The lowest BCUT2D eigenvalue weighted by atomic mass is 9.91. The smallest absolute Gasteiger partial charge is 0.333 e. The molecule has 0 saturated carbocycles. The number of hydrogen-bond donors (Lipinski definition) is 0. The van der Waals surface area contributed by atoms with E-state index < -0.39 is 0 Å². The van der Waals surface area contributed by atoms with Gasteiger partial charge in [-0.15, -0.1) is 0 Å². The maximum absolute atomic E-state index is 11.2. The van der Waals surface area contributed by atoms with Crippen LogP contribution in [-0.2, 0) is 14.3 Å². The van der Waals surface area contributed by atoms with E-state index in [1.54, 1.807) is 6.92 Å². The van der Waals surface area contributed by atoms with Crippen molar-refractivity contribution in [1.82, 2.24) is 0 Å². The van der Waals surface area contributed by atoms with E-state index in [1.807, 2.05) is 6.92 Å². The monoisotopic (exact) mass is 198 g/mol. The Morgan fingerprint density at radius 1 is 1.71 bits per heavy atom. The number of carbonyl (C=O) groups excluding carboxylic acids is 1. The fourth-order valence-corrected chi connectivity index (χ4v) is 1.55. The summed E-state index contributed by atoms with van der Waals surface area (Å²) in [7, 11) is 0. The van der Waals surface area contributed by atoms with Gasteiger partial charge in [-0.3, -0.25) is 0 Å². The van der Waals surface area contributed by atoms with E-state index >= 15 is 0 Å². The van der Waals surface area contributed by atoms with Gasteiger partial charge in [-0.05, 0) is 20.3 Å². The lowest BCUT2D eigenvalue weighted by Gasteiger charge is -2.39. The Morgan fingerprint density at radius 2 is 2.36 bits per heavy atom. The predicted octanol–water partition coefficient (Wildman–Crippen LogP) is 1.92. The molecule has 14 heavy (non-hydrogen) atoms. The number of carbonyl (C=O) groups is 1. The summed E-state index contributed by atoms with van der Waals surface area (Å²) >= 11 is 0. The highest BCUT2D eigenvalue weighted by Gasteiger charge is 2.36. The highest BCUT2D eigenvalue weighted by Crippen LogP contribution is 2.27. The molecule has 0 aliphatic carbocycles. The van der Waals surface area contributed by atoms with Gasteiger partial charge in [0.15, 0.2) is 0 Å². The normalized spacial score (nSPS) is 27.6. The van der Waals surface area contributed by atoms with Crippen LogP contribution in [0.3, 0.4) is 0 Å². The maximum atomic E-state index is 11.2. The van der Waals surface area contributed by atoms with Crippen molar-refractivity contribution in [2.75, 3.05) is 6.61 Å². The van der Waals surface area contributed by atoms with Gasteiger partial charge >= 0.3 is 5.97 Å². The number of hydrogen-bond acceptors (Lipinski definition) is 3. The molecule has 1 aliphatic heterocycles. The molecule has 0 aromatic rings. The van der Waals surface area contributed by atoms with Crippen LogP contribution in [0.4, 0.5) is 0 Å². The van der Waals surface area contributed by atoms with Gasteiger partial charge in [0, 0.05) is 11.5 Å². The summed E-state index contributed by atoms with van der Waals surface area (Å²) in [6.07, 6.45) is 0.973. The van der Waals surface area contributed by atoms with Crippen molar-refractivity contribution in [2.45, 2.75) is 39.4 Å². The Morgan fingerprint density at radius 3 is 2.71 bits per heavy atom. The fraction of sp³-hybridized carbons (Fsp3) is 0.727. The van der Waals surface area contributed by atoms with Crippen molar-refractivity contribution >= 4 is 5.97 Å².